The van der Waals surface area contributed by atoms with E-state index in [-0.39, 0.29) is 5.56 Å². The Hall–Kier alpha value is -2.03. The molecule has 0 aliphatic heterocycles. The van der Waals surface area contributed by atoms with Gasteiger partial charge in [-0.1, -0.05) is 12.1 Å². The molecule has 0 unspecified atom stereocenters. The minimum absolute atomic E-state index is 0.0165. The van der Waals surface area contributed by atoms with Gasteiger partial charge in [0.2, 0.25) is 0 Å². The Kier molecular flexibility index (Phi) is 3.82. The summed E-state index contributed by atoms with van der Waals surface area (Å²) in [5, 5.41) is 0. The van der Waals surface area contributed by atoms with E-state index in [2.05, 4.69) is 0 Å². The van der Waals surface area contributed by atoms with Crippen molar-refractivity contribution in [3.8, 4) is 5.75 Å². The van der Waals surface area contributed by atoms with Crippen molar-refractivity contribution in [3.05, 3.63) is 64.1 Å². The summed E-state index contributed by atoms with van der Waals surface area (Å²) in [6.07, 6.45) is 1.80. The lowest BCUT2D eigenvalue weighted by molar-refractivity contribution is 0.296. The second-order valence-electron chi connectivity index (χ2n) is 4.40. The fourth-order valence-electron chi connectivity index (χ4n) is 1.76. The second-order valence-corrected chi connectivity index (χ2v) is 4.40. The van der Waals surface area contributed by atoms with Gasteiger partial charge in [-0.3, -0.25) is 4.79 Å². The first-order chi connectivity index (χ1) is 8.65. The van der Waals surface area contributed by atoms with Crippen LogP contribution >= 0.6 is 0 Å². The average Bonchev–Trinajstić information content (AvgIpc) is 2.32. The zero-order chi connectivity index (χ0) is 13.0. The van der Waals surface area contributed by atoms with Crippen LogP contribution in [0.4, 0.5) is 0 Å². The van der Waals surface area contributed by atoms with Crippen molar-refractivity contribution in [2.24, 2.45) is 0 Å². The van der Waals surface area contributed by atoms with E-state index in [1.807, 2.05) is 44.2 Å². The van der Waals surface area contributed by atoms with Gasteiger partial charge in [0.05, 0.1) is 6.54 Å². The van der Waals surface area contributed by atoms with Crippen molar-refractivity contribution in [2.45, 2.75) is 20.4 Å². The molecule has 94 valence electrons. The van der Waals surface area contributed by atoms with Gasteiger partial charge in [0.1, 0.15) is 12.4 Å². The normalized spacial score (nSPS) is 10.3. The van der Waals surface area contributed by atoms with E-state index in [9.17, 15) is 4.79 Å². The molecule has 1 heterocycles. The highest BCUT2D eigenvalue weighted by atomic mass is 16.5. The van der Waals surface area contributed by atoms with Gasteiger partial charge in [-0.2, -0.15) is 0 Å². The van der Waals surface area contributed by atoms with Gasteiger partial charge in [-0.15, -0.1) is 0 Å². The first-order valence-corrected chi connectivity index (χ1v) is 6.02. The highest BCUT2D eigenvalue weighted by Crippen LogP contribution is 2.12. The summed E-state index contributed by atoms with van der Waals surface area (Å²) < 4.78 is 7.27. The van der Waals surface area contributed by atoms with Crippen molar-refractivity contribution in [2.75, 3.05) is 6.61 Å². The van der Waals surface area contributed by atoms with E-state index in [1.54, 1.807) is 16.8 Å². The van der Waals surface area contributed by atoms with Crippen LogP contribution in [0.2, 0.25) is 0 Å². The van der Waals surface area contributed by atoms with Crippen LogP contribution in [0.15, 0.2) is 47.4 Å². The van der Waals surface area contributed by atoms with Crippen LogP contribution in [-0.2, 0) is 6.54 Å². The summed E-state index contributed by atoms with van der Waals surface area (Å²) in [4.78, 5) is 11.6. The molecule has 0 saturated heterocycles. The molecule has 0 N–H and O–H groups in total. The van der Waals surface area contributed by atoms with Crippen molar-refractivity contribution in [3.63, 3.8) is 0 Å². The summed E-state index contributed by atoms with van der Waals surface area (Å²) in [5.41, 5.74) is 2.17. The Bertz CT molecular complexity index is 587. The number of aryl methyl sites for hydroxylation is 2. The molecule has 0 aliphatic carbocycles. The predicted molar refractivity (Wildman–Crippen MR) is 72.1 cm³/mol. The molecule has 1 aromatic carbocycles. The molecular weight excluding hydrogens is 226 g/mol. The lowest BCUT2D eigenvalue weighted by atomic mass is 10.2. The fraction of sp³-hybridized carbons (Fsp3) is 0.267. The molecule has 0 atom stereocenters. The quantitative estimate of drug-likeness (QED) is 0.826. The second kappa shape index (κ2) is 5.54. The van der Waals surface area contributed by atoms with E-state index in [4.69, 9.17) is 4.74 Å². The Morgan fingerprint density at radius 1 is 1.11 bits per heavy atom. The van der Waals surface area contributed by atoms with Crippen molar-refractivity contribution in [1.82, 2.24) is 4.57 Å². The number of hydrogen-bond acceptors (Lipinski definition) is 2. The standard InChI is InChI=1S/C15H17NO2/c1-12-4-3-5-14(10-12)18-9-8-16-7-6-13(2)11-15(16)17/h3-7,10-11H,8-9H2,1-2H3. The van der Waals surface area contributed by atoms with Crippen molar-refractivity contribution < 1.29 is 4.74 Å². The molecule has 0 amide bonds. The highest BCUT2D eigenvalue weighted by Gasteiger charge is 1.97. The maximum atomic E-state index is 11.6. The maximum Gasteiger partial charge on any atom is 0.250 e. The first-order valence-electron chi connectivity index (χ1n) is 6.02. The summed E-state index contributed by atoms with van der Waals surface area (Å²) in [7, 11) is 0. The lowest BCUT2D eigenvalue weighted by Crippen LogP contribution is -2.21. The molecule has 18 heavy (non-hydrogen) atoms. The van der Waals surface area contributed by atoms with Crippen LogP contribution in [0.25, 0.3) is 0 Å². The molecule has 0 saturated carbocycles. The van der Waals surface area contributed by atoms with Crippen LogP contribution in [0, 0.1) is 13.8 Å². The van der Waals surface area contributed by atoms with E-state index in [1.165, 1.54) is 5.56 Å². The van der Waals surface area contributed by atoms with Crippen LogP contribution in [0.5, 0.6) is 5.75 Å². The van der Waals surface area contributed by atoms with Gasteiger partial charge >= 0.3 is 0 Å². The Balaban J connectivity index is 1.94. The molecule has 3 nitrogen and oxygen atoms in total. The average molecular weight is 243 g/mol. The third-order valence-corrected chi connectivity index (χ3v) is 2.74. The minimum atomic E-state index is 0.0165. The summed E-state index contributed by atoms with van der Waals surface area (Å²) >= 11 is 0. The van der Waals surface area contributed by atoms with Crippen LogP contribution in [0.1, 0.15) is 11.1 Å². The van der Waals surface area contributed by atoms with Crippen molar-refractivity contribution in [1.29, 1.82) is 0 Å². The summed E-state index contributed by atoms with van der Waals surface area (Å²) in [5.74, 6) is 0.843. The van der Waals surface area contributed by atoms with E-state index >= 15 is 0 Å². The molecule has 2 aromatic rings. The number of rotatable bonds is 4. The van der Waals surface area contributed by atoms with Crippen molar-refractivity contribution >= 4 is 0 Å². The molecule has 0 aliphatic rings. The largest absolute Gasteiger partial charge is 0.492 e. The fourth-order valence-corrected chi connectivity index (χ4v) is 1.76. The monoisotopic (exact) mass is 243 g/mol. The zero-order valence-electron chi connectivity index (χ0n) is 10.7. The Labute approximate surface area is 107 Å². The third-order valence-electron chi connectivity index (χ3n) is 2.74. The lowest BCUT2D eigenvalue weighted by Gasteiger charge is -2.08. The minimum Gasteiger partial charge on any atom is -0.492 e. The maximum absolute atomic E-state index is 11.6. The highest BCUT2D eigenvalue weighted by molar-refractivity contribution is 5.27. The van der Waals surface area contributed by atoms with Gasteiger partial charge in [0.25, 0.3) is 5.56 Å². The number of nitrogens with zero attached hydrogens (tertiary/aromatic N) is 1. The molecule has 0 radical (unpaired) electrons. The van der Waals surface area contributed by atoms with E-state index < -0.39 is 0 Å². The smallest absolute Gasteiger partial charge is 0.250 e. The van der Waals surface area contributed by atoms with E-state index in [0.717, 1.165) is 11.3 Å². The molecule has 2 rings (SSSR count). The van der Waals surface area contributed by atoms with Gasteiger partial charge in [-0.25, -0.2) is 0 Å². The molecule has 3 heteroatoms. The SMILES string of the molecule is Cc1cccc(OCCn2ccc(C)cc2=O)c1. The molecule has 0 spiro atoms. The Morgan fingerprint density at radius 3 is 2.61 bits per heavy atom. The number of pyridine rings is 1. The summed E-state index contributed by atoms with van der Waals surface area (Å²) in [6, 6.07) is 11.4. The van der Waals surface area contributed by atoms with Crippen LogP contribution in [-0.4, -0.2) is 11.2 Å². The third kappa shape index (κ3) is 3.23. The van der Waals surface area contributed by atoms with Crippen LogP contribution in [0.3, 0.4) is 0 Å². The number of aromatic nitrogens is 1. The molecule has 1 aromatic heterocycles. The number of ether oxygens (including phenoxy) is 1. The molecule has 0 bridgehead atoms. The zero-order valence-corrected chi connectivity index (χ0v) is 10.7. The Morgan fingerprint density at radius 2 is 1.89 bits per heavy atom. The topological polar surface area (TPSA) is 31.2 Å². The van der Waals surface area contributed by atoms with Crippen LogP contribution < -0.4 is 10.3 Å². The van der Waals surface area contributed by atoms with Gasteiger partial charge < -0.3 is 9.30 Å². The van der Waals surface area contributed by atoms with Gasteiger partial charge in [0, 0.05) is 12.3 Å². The summed E-state index contributed by atoms with van der Waals surface area (Å²) in [6.45, 7) is 4.99. The number of benzene rings is 1. The molecular formula is C15H17NO2. The van der Waals surface area contributed by atoms with Gasteiger partial charge in [0.15, 0.2) is 0 Å². The van der Waals surface area contributed by atoms with Gasteiger partial charge in [-0.05, 0) is 43.2 Å². The number of hydrogen-bond donors (Lipinski definition) is 0. The molecule has 0 fully saturated rings. The van der Waals surface area contributed by atoms with E-state index in [0.29, 0.717) is 13.2 Å². The first kappa shape index (κ1) is 12.4. The predicted octanol–water partition coefficient (Wildman–Crippen LogP) is 2.54.